The summed E-state index contributed by atoms with van der Waals surface area (Å²) in [5.74, 6) is 2.05. The van der Waals surface area contributed by atoms with E-state index in [9.17, 15) is 4.79 Å². The minimum atomic E-state index is -0.226. The van der Waals surface area contributed by atoms with Crippen molar-refractivity contribution in [2.24, 2.45) is 0 Å². The van der Waals surface area contributed by atoms with Crippen molar-refractivity contribution in [2.75, 3.05) is 0 Å². The standard InChI is InChI=1S/C21H21BrN8O2/c1-2-3-7-12-29-18-16(24-20(22)25-18)19(31)30-14(26-27-21(29)30)10-11-15-23-17(28-32-15)13-8-5-4-6-9-13/h4-6,8-9H,2-3,7,10-12H2,1H3,(H,24,25). The maximum absolute atomic E-state index is 13.2. The van der Waals surface area contributed by atoms with E-state index < -0.39 is 0 Å². The van der Waals surface area contributed by atoms with Gasteiger partial charge in [0, 0.05) is 24.9 Å². The molecule has 4 heterocycles. The van der Waals surface area contributed by atoms with Gasteiger partial charge in [0.05, 0.1) is 0 Å². The van der Waals surface area contributed by atoms with Crippen molar-refractivity contribution < 1.29 is 4.52 Å². The van der Waals surface area contributed by atoms with Gasteiger partial charge in [-0.05, 0) is 22.4 Å². The topological polar surface area (TPSA) is 120 Å². The molecule has 0 fully saturated rings. The Morgan fingerprint density at radius 1 is 1.09 bits per heavy atom. The summed E-state index contributed by atoms with van der Waals surface area (Å²) < 4.78 is 9.41. The van der Waals surface area contributed by atoms with Crippen LogP contribution in [0.2, 0.25) is 0 Å². The van der Waals surface area contributed by atoms with E-state index in [0.29, 0.717) is 58.6 Å². The van der Waals surface area contributed by atoms with Crippen LogP contribution in [0.4, 0.5) is 0 Å². The minimum absolute atomic E-state index is 0.226. The van der Waals surface area contributed by atoms with Crippen LogP contribution in [0, 0.1) is 0 Å². The molecular formula is C21H21BrN8O2. The predicted molar refractivity (Wildman–Crippen MR) is 121 cm³/mol. The number of nitrogens with zero attached hydrogens (tertiary/aromatic N) is 7. The van der Waals surface area contributed by atoms with Gasteiger partial charge < -0.3 is 9.51 Å². The van der Waals surface area contributed by atoms with E-state index in [2.05, 4.69) is 53.2 Å². The second-order valence-electron chi connectivity index (χ2n) is 7.52. The molecule has 0 bridgehead atoms. The third-order valence-electron chi connectivity index (χ3n) is 5.33. The third kappa shape index (κ3) is 3.72. The number of unbranched alkanes of at least 4 members (excludes halogenated alkanes) is 2. The summed E-state index contributed by atoms with van der Waals surface area (Å²) in [6.07, 6.45) is 4.01. The smallest absolute Gasteiger partial charge is 0.286 e. The van der Waals surface area contributed by atoms with Gasteiger partial charge in [-0.25, -0.2) is 9.38 Å². The maximum atomic E-state index is 13.2. The molecule has 5 rings (SSSR count). The SMILES string of the molecule is CCCCCn1c2nc(Br)[nH]c2c(=O)n2c(CCc3nc(-c4ccccc4)no3)nnc12. The Labute approximate surface area is 190 Å². The fourth-order valence-corrected chi connectivity index (χ4v) is 4.11. The average Bonchev–Trinajstić information content (AvgIpc) is 3.53. The number of aromatic nitrogens is 8. The van der Waals surface area contributed by atoms with Crippen LogP contribution in [0.5, 0.6) is 0 Å². The first-order valence-corrected chi connectivity index (χ1v) is 11.3. The van der Waals surface area contributed by atoms with Gasteiger partial charge in [0.2, 0.25) is 17.5 Å². The first-order valence-electron chi connectivity index (χ1n) is 10.6. The molecule has 0 unspecified atom stereocenters. The minimum Gasteiger partial charge on any atom is -0.339 e. The van der Waals surface area contributed by atoms with Crippen molar-refractivity contribution in [1.29, 1.82) is 0 Å². The number of fused-ring (bicyclic) bond motifs is 2. The number of hydrogen-bond acceptors (Lipinski definition) is 7. The highest BCUT2D eigenvalue weighted by molar-refractivity contribution is 9.10. The van der Waals surface area contributed by atoms with Gasteiger partial charge in [0.15, 0.2) is 15.9 Å². The van der Waals surface area contributed by atoms with Crippen LogP contribution >= 0.6 is 15.9 Å². The second kappa shape index (κ2) is 8.65. The molecule has 1 aromatic carbocycles. The zero-order valence-electron chi connectivity index (χ0n) is 17.5. The van der Waals surface area contributed by atoms with Crippen molar-refractivity contribution >= 4 is 32.9 Å². The highest BCUT2D eigenvalue weighted by Gasteiger charge is 2.20. The van der Waals surface area contributed by atoms with Crippen molar-refractivity contribution in [2.45, 2.75) is 45.6 Å². The zero-order valence-corrected chi connectivity index (χ0v) is 19.0. The Morgan fingerprint density at radius 2 is 1.94 bits per heavy atom. The average molecular weight is 497 g/mol. The van der Waals surface area contributed by atoms with Crippen LogP contribution in [-0.4, -0.2) is 39.3 Å². The molecule has 0 aliphatic rings. The molecule has 0 aliphatic carbocycles. The van der Waals surface area contributed by atoms with Crippen LogP contribution in [0.1, 0.15) is 37.9 Å². The van der Waals surface area contributed by atoms with E-state index in [-0.39, 0.29) is 5.56 Å². The van der Waals surface area contributed by atoms with Gasteiger partial charge in [-0.3, -0.25) is 9.36 Å². The molecule has 5 aromatic rings. The number of rotatable bonds is 8. The van der Waals surface area contributed by atoms with E-state index in [1.807, 2.05) is 34.9 Å². The number of halogens is 1. The maximum Gasteiger partial charge on any atom is 0.286 e. The summed E-state index contributed by atoms with van der Waals surface area (Å²) in [4.78, 5) is 25.1. The highest BCUT2D eigenvalue weighted by atomic mass is 79.9. The van der Waals surface area contributed by atoms with E-state index in [1.165, 1.54) is 0 Å². The van der Waals surface area contributed by atoms with Crippen LogP contribution in [0.25, 0.3) is 28.3 Å². The number of imidazole rings is 1. The Kier molecular flexibility index (Phi) is 5.56. The lowest BCUT2D eigenvalue weighted by molar-refractivity contribution is 0.378. The molecule has 0 amide bonds. The van der Waals surface area contributed by atoms with E-state index in [4.69, 9.17) is 4.52 Å². The molecule has 11 heteroatoms. The van der Waals surface area contributed by atoms with Gasteiger partial charge in [-0.1, -0.05) is 55.3 Å². The van der Waals surface area contributed by atoms with E-state index in [1.54, 1.807) is 4.40 Å². The fraction of sp³-hybridized carbons (Fsp3) is 0.333. The van der Waals surface area contributed by atoms with E-state index >= 15 is 0 Å². The fourth-order valence-electron chi connectivity index (χ4n) is 3.74. The molecule has 1 N–H and O–H groups in total. The molecular weight excluding hydrogens is 476 g/mol. The van der Waals surface area contributed by atoms with Crippen LogP contribution in [-0.2, 0) is 19.4 Å². The number of nitrogens with one attached hydrogen (secondary N) is 1. The Balaban J connectivity index is 1.47. The lowest BCUT2D eigenvalue weighted by Gasteiger charge is -2.09. The lowest BCUT2D eigenvalue weighted by atomic mass is 10.2. The largest absolute Gasteiger partial charge is 0.339 e. The van der Waals surface area contributed by atoms with Crippen molar-refractivity contribution in [3.63, 3.8) is 0 Å². The number of aryl methyl sites for hydroxylation is 3. The molecule has 0 aliphatic heterocycles. The molecule has 164 valence electrons. The quantitative estimate of drug-likeness (QED) is 0.257. The molecule has 0 saturated carbocycles. The zero-order chi connectivity index (χ0) is 22.1. The van der Waals surface area contributed by atoms with Crippen LogP contribution < -0.4 is 5.56 Å². The lowest BCUT2D eigenvalue weighted by Crippen LogP contribution is -2.21. The van der Waals surface area contributed by atoms with Gasteiger partial charge in [0.25, 0.3) is 5.56 Å². The summed E-state index contributed by atoms with van der Waals surface area (Å²) in [5, 5.41) is 12.7. The van der Waals surface area contributed by atoms with Gasteiger partial charge >= 0.3 is 0 Å². The summed E-state index contributed by atoms with van der Waals surface area (Å²) in [7, 11) is 0. The summed E-state index contributed by atoms with van der Waals surface area (Å²) in [5.41, 5.74) is 1.66. The molecule has 4 aromatic heterocycles. The van der Waals surface area contributed by atoms with Crippen molar-refractivity contribution in [3.05, 3.63) is 57.1 Å². The predicted octanol–water partition coefficient (Wildman–Crippen LogP) is 3.56. The number of hydrogen-bond donors (Lipinski definition) is 1. The molecule has 0 atom stereocenters. The molecule has 10 nitrogen and oxygen atoms in total. The van der Waals surface area contributed by atoms with Crippen molar-refractivity contribution in [3.8, 4) is 11.4 Å². The highest BCUT2D eigenvalue weighted by Crippen LogP contribution is 2.18. The third-order valence-corrected chi connectivity index (χ3v) is 5.71. The van der Waals surface area contributed by atoms with Crippen LogP contribution in [0.15, 0.2) is 44.4 Å². The van der Waals surface area contributed by atoms with E-state index in [0.717, 1.165) is 24.8 Å². The molecule has 0 spiro atoms. The summed E-state index contributed by atoms with van der Waals surface area (Å²) >= 11 is 3.35. The van der Waals surface area contributed by atoms with Gasteiger partial charge in [-0.2, -0.15) is 4.98 Å². The summed E-state index contributed by atoms with van der Waals surface area (Å²) in [6, 6.07) is 9.64. The van der Waals surface area contributed by atoms with Crippen LogP contribution in [0.3, 0.4) is 0 Å². The summed E-state index contributed by atoms with van der Waals surface area (Å²) in [6.45, 7) is 2.85. The molecule has 0 saturated heterocycles. The molecule has 0 radical (unpaired) electrons. The Morgan fingerprint density at radius 3 is 2.75 bits per heavy atom. The second-order valence-corrected chi connectivity index (χ2v) is 8.27. The number of aromatic amines is 1. The first kappa shape index (κ1) is 20.6. The van der Waals surface area contributed by atoms with Crippen molar-refractivity contribution in [1.82, 2.24) is 39.3 Å². The Hall–Kier alpha value is -3.34. The van der Waals surface area contributed by atoms with Gasteiger partial charge in [-0.15, -0.1) is 10.2 Å². The molecule has 32 heavy (non-hydrogen) atoms. The normalized spacial score (nSPS) is 11.7. The number of H-pyrrole nitrogens is 1. The van der Waals surface area contributed by atoms with Gasteiger partial charge in [0.1, 0.15) is 5.82 Å². The monoisotopic (exact) mass is 496 g/mol. The number of benzene rings is 1. The Bertz CT molecular complexity index is 1430. The first-order chi connectivity index (χ1) is 15.7.